The SMILES string of the molecule is COc1c(C)ccc(C2CCNCC2)c1C. The molecule has 2 heteroatoms. The molecule has 0 radical (unpaired) electrons. The minimum atomic E-state index is 0.704. The van der Waals surface area contributed by atoms with Crippen molar-refractivity contribution in [3.05, 3.63) is 28.8 Å². The van der Waals surface area contributed by atoms with E-state index in [1.54, 1.807) is 7.11 Å². The fourth-order valence-electron chi connectivity index (χ4n) is 2.73. The topological polar surface area (TPSA) is 21.3 Å². The molecule has 0 bridgehead atoms. The molecule has 88 valence electrons. The lowest BCUT2D eigenvalue weighted by atomic mass is 9.86. The highest BCUT2D eigenvalue weighted by Gasteiger charge is 2.19. The van der Waals surface area contributed by atoms with E-state index in [4.69, 9.17) is 4.74 Å². The third kappa shape index (κ3) is 2.07. The van der Waals surface area contributed by atoms with Crippen LogP contribution in [0.1, 0.15) is 35.4 Å². The lowest BCUT2D eigenvalue weighted by Gasteiger charge is -2.25. The van der Waals surface area contributed by atoms with E-state index in [0.717, 1.165) is 18.8 Å². The highest BCUT2D eigenvalue weighted by atomic mass is 16.5. The van der Waals surface area contributed by atoms with E-state index in [2.05, 4.69) is 31.3 Å². The highest BCUT2D eigenvalue weighted by molar-refractivity contribution is 5.46. The summed E-state index contributed by atoms with van der Waals surface area (Å²) in [4.78, 5) is 0. The van der Waals surface area contributed by atoms with Gasteiger partial charge in [-0.3, -0.25) is 0 Å². The third-order valence-corrected chi connectivity index (χ3v) is 3.63. The van der Waals surface area contributed by atoms with E-state index in [1.165, 1.54) is 29.5 Å². The quantitative estimate of drug-likeness (QED) is 0.826. The lowest BCUT2D eigenvalue weighted by Crippen LogP contribution is -2.27. The predicted molar refractivity (Wildman–Crippen MR) is 67.3 cm³/mol. The van der Waals surface area contributed by atoms with Crippen LogP contribution in [0.3, 0.4) is 0 Å². The Labute approximate surface area is 98.0 Å². The van der Waals surface area contributed by atoms with Crippen LogP contribution in [-0.4, -0.2) is 20.2 Å². The number of benzene rings is 1. The Morgan fingerprint density at radius 3 is 2.50 bits per heavy atom. The molecule has 1 heterocycles. The Balaban J connectivity index is 2.33. The second kappa shape index (κ2) is 4.88. The van der Waals surface area contributed by atoms with Crippen molar-refractivity contribution in [1.82, 2.24) is 5.32 Å². The van der Waals surface area contributed by atoms with Crippen LogP contribution in [0.4, 0.5) is 0 Å². The molecule has 1 aromatic carbocycles. The first-order valence-electron chi connectivity index (χ1n) is 6.09. The normalized spacial score (nSPS) is 17.4. The average Bonchev–Trinajstić information content (AvgIpc) is 2.31. The first kappa shape index (κ1) is 11.5. The molecular weight excluding hydrogens is 198 g/mol. The minimum absolute atomic E-state index is 0.704. The van der Waals surface area contributed by atoms with Gasteiger partial charge in [0.2, 0.25) is 0 Å². The van der Waals surface area contributed by atoms with Crippen molar-refractivity contribution in [1.29, 1.82) is 0 Å². The number of hydrogen-bond acceptors (Lipinski definition) is 2. The lowest BCUT2D eigenvalue weighted by molar-refractivity contribution is 0.404. The fraction of sp³-hybridized carbons (Fsp3) is 0.571. The number of hydrogen-bond donors (Lipinski definition) is 1. The van der Waals surface area contributed by atoms with Gasteiger partial charge in [0.1, 0.15) is 5.75 Å². The van der Waals surface area contributed by atoms with Gasteiger partial charge in [-0.2, -0.15) is 0 Å². The van der Waals surface area contributed by atoms with Gasteiger partial charge in [0.15, 0.2) is 0 Å². The smallest absolute Gasteiger partial charge is 0.124 e. The second-order valence-electron chi connectivity index (χ2n) is 4.65. The van der Waals surface area contributed by atoms with Gasteiger partial charge in [-0.05, 0) is 62.4 Å². The molecule has 16 heavy (non-hydrogen) atoms. The molecule has 0 amide bonds. The molecule has 0 aliphatic carbocycles. The fourth-order valence-corrected chi connectivity index (χ4v) is 2.73. The van der Waals surface area contributed by atoms with Gasteiger partial charge in [-0.1, -0.05) is 12.1 Å². The van der Waals surface area contributed by atoms with E-state index in [0.29, 0.717) is 5.92 Å². The molecule has 1 aliphatic rings. The zero-order valence-electron chi connectivity index (χ0n) is 10.5. The maximum Gasteiger partial charge on any atom is 0.124 e. The van der Waals surface area contributed by atoms with Gasteiger partial charge >= 0.3 is 0 Å². The molecule has 1 aromatic rings. The second-order valence-corrected chi connectivity index (χ2v) is 4.65. The summed E-state index contributed by atoms with van der Waals surface area (Å²) in [7, 11) is 1.77. The number of methoxy groups -OCH3 is 1. The van der Waals surface area contributed by atoms with Crippen LogP contribution < -0.4 is 10.1 Å². The molecule has 0 saturated carbocycles. The summed E-state index contributed by atoms with van der Waals surface area (Å²) in [5, 5.41) is 3.41. The summed E-state index contributed by atoms with van der Waals surface area (Å²) < 4.78 is 5.49. The summed E-state index contributed by atoms with van der Waals surface area (Å²) in [5.74, 6) is 1.77. The first-order valence-corrected chi connectivity index (χ1v) is 6.09. The van der Waals surface area contributed by atoms with Crippen LogP contribution in [-0.2, 0) is 0 Å². The molecule has 0 aromatic heterocycles. The van der Waals surface area contributed by atoms with Crippen molar-refractivity contribution in [3.63, 3.8) is 0 Å². The number of ether oxygens (including phenoxy) is 1. The Hall–Kier alpha value is -1.02. The Morgan fingerprint density at radius 1 is 1.19 bits per heavy atom. The number of piperidine rings is 1. The van der Waals surface area contributed by atoms with Crippen LogP contribution in [0.25, 0.3) is 0 Å². The van der Waals surface area contributed by atoms with Crippen LogP contribution in [0.5, 0.6) is 5.75 Å². The average molecular weight is 219 g/mol. The summed E-state index contributed by atoms with van der Waals surface area (Å²) >= 11 is 0. The molecule has 1 saturated heterocycles. The molecule has 0 atom stereocenters. The first-order chi connectivity index (χ1) is 7.74. The van der Waals surface area contributed by atoms with Crippen LogP contribution in [0.15, 0.2) is 12.1 Å². The Kier molecular flexibility index (Phi) is 3.49. The van der Waals surface area contributed by atoms with Crippen molar-refractivity contribution in [2.24, 2.45) is 0 Å². The van der Waals surface area contributed by atoms with Gasteiger partial charge in [0.05, 0.1) is 7.11 Å². The van der Waals surface area contributed by atoms with Crippen LogP contribution in [0, 0.1) is 13.8 Å². The zero-order valence-corrected chi connectivity index (χ0v) is 10.5. The molecule has 1 fully saturated rings. The number of nitrogens with one attached hydrogen (secondary N) is 1. The summed E-state index contributed by atoms with van der Waals surface area (Å²) in [6.07, 6.45) is 2.49. The van der Waals surface area contributed by atoms with Crippen molar-refractivity contribution in [2.45, 2.75) is 32.6 Å². The number of aryl methyl sites for hydroxylation is 1. The zero-order chi connectivity index (χ0) is 11.5. The molecule has 1 N–H and O–H groups in total. The van der Waals surface area contributed by atoms with Gasteiger partial charge in [0, 0.05) is 0 Å². The van der Waals surface area contributed by atoms with Crippen molar-refractivity contribution in [2.75, 3.05) is 20.2 Å². The predicted octanol–water partition coefficient (Wildman–Crippen LogP) is 2.78. The van der Waals surface area contributed by atoms with Gasteiger partial charge in [0.25, 0.3) is 0 Å². The van der Waals surface area contributed by atoms with E-state index in [1.807, 2.05) is 0 Å². The minimum Gasteiger partial charge on any atom is -0.496 e. The van der Waals surface area contributed by atoms with Crippen molar-refractivity contribution in [3.8, 4) is 5.75 Å². The highest BCUT2D eigenvalue weighted by Crippen LogP contribution is 2.34. The van der Waals surface area contributed by atoms with Gasteiger partial charge < -0.3 is 10.1 Å². The van der Waals surface area contributed by atoms with E-state index in [9.17, 15) is 0 Å². The number of rotatable bonds is 2. The maximum absolute atomic E-state index is 5.49. The van der Waals surface area contributed by atoms with E-state index >= 15 is 0 Å². The van der Waals surface area contributed by atoms with Crippen LogP contribution >= 0.6 is 0 Å². The molecule has 0 unspecified atom stereocenters. The van der Waals surface area contributed by atoms with Crippen molar-refractivity contribution >= 4 is 0 Å². The van der Waals surface area contributed by atoms with E-state index in [-0.39, 0.29) is 0 Å². The summed E-state index contributed by atoms with van der Waals surface area (Å²) in [6.45, 7) is 6.57. The standard InChI is InChI=1S/C14H21NO/c1-10-4-5-13(11(2)14(10)16-3)12-6-8-15-9-7-12/h4-5,12,15H,6-9H2,1-3H3. The van der Waals surface area contributed by atoms with Crippen molar-refractivity contribution < 1.29 is 4.74 Å². The molecule has 2 rings (SSSR count). The maximum atomic E-state index is 5.49. The molecule has 1 aliphatic heterocycles. The van der Waals surface area contributed by atoms with Gasteiger partial charge in [-0.25, -0.2) is 0 Å². The van der Waals surface area contributed by atoms with Crippen LogP contribution in [0.2, 0.25) is 0 Å². The molecule has 0 spiro atoms. The van der Waals surface area contributed by atoms with Gasteiger partial charge in [-0.15, -0.1) is 0 Å². The third-order valence-electron chi connectivity index (χ3n) is 3.63. The monoisotopic (exact) mass is 219 g/mol. The summed E-state index contributed by atoms with van der Waals surface area (Å²) in [5.41, 5.74) is 4.04. The van der Waals surface area contributed by atoms with E-state index < -0.39 is 0 Å². The Morgan fingerprint density at radius 2 is 1.88 bits per heavy atom. The Bertz CT molecular complexity index is 367. The molecule has 2 nitrogen and oxygen atoms in total. The summed E-state index contributed by atoms with van der Waals surface area (Å²) in [6, 6.07) is 4.46. The molecular formula is C14H21NO. The largest absolute Gasteiger partial charge is 0.496 e.